The summed E-state index contributed by atoms with van der Waals surface area (Å²) in [6.07, 6.45) is 0. The van der Waals surface area contributed by atoms with Crippen molar-refractivity contribution in [3.05, 3.63) is 65.0 Å². The Kier molecular flexibility index (Phi) is 6.68. The highest BCUT2D eigenvalue weighted by atomic mass is 32.2. The van der Waals surface area contributed by atoms with Crippen molar-refractivity contribution in [1.29, 1.82) is 5.26 Å². The van der Waals surface area contributed by atoms with Gasteiger partial charge in [-0.1, -0.05) is 55.9 Å². The van der Waals surface area contributed by atoms with Gasteiger partial charge in [-0.05, 0) is 30.2 Å². The quantitative estimate of drug-likeness (QED) is 0.340. The van der Waals surface area contributed by atoms with Gasteiger partial charge in [0.2, 0.25) is 5.91 Å². The molecule has 0 fully saturated rings. The molecule has 0 unspecified atom stereocenters. The van der Waals surface area contributed by atoms with E-state index in [-0.39, 0.29) is 29.7 Å². The SMILES string of the molecule is CC(C)Cn1c(SCC(=O)N(CC#N)c2ccccc2)nc2ccccc2c1=O. The third-order valence-electron chi connectivity index (χ3n) is 4.30. The molecule has 6 nitrogen and oxygen atoms in total. The van der Waals surface area contributed by atoms with Crippen molar-refractivity contribution in [2.45, 2.75) is 25.5 Å². The van der Waals surface area contributed by atoms with Crippen molar-refractivity contribution >= 4 is 34.3 Å². The fraction of sp³-hybridized carbons (Fsp3) is 0.273. The molecular weight excluding hydrogens is 384 g/mol. The van der Waals surface area contributed by atoms with E-state index in [2.05, 4.69) is 4.98 Å². The number of thioether (sulfide) groups is 1. The lowest BCUT2D eigenvalue weighted by Crippen LogP contribution is -2.33. The predicted molar refractivity (Wildman–Crippen MR) is 116 cm³/mol. The van der Waals surface area contributed by atoms with E-state index < -0.39 is 0 Å². The highest BCUT2D eigenvalue weighted by molar-refractivity contribution is 7.99. The van der Waals surface area contributed by atoms with Crippen molar-refractivity contribution in [2.75, 3.05) is 17.2 Å². The molecule has 0 aliphatic rings. The van der Waals surface area contributed by atoms with Gasteiger partial charge in [0, 0.05) is 12.2 Å². The number of carbonyl (C=O) groups is 1. The number of hydrogen-bond donors (Lipinski definition) is 0. The lowest BCUT2D eigenvalue weighted by atomic mass is 10.2. The van der Waals surface area contributed by atoms with Gasteiger partial charge in [-0.3, -0.25) is 19.1 Å². The molecule has 0 atom stereocenters. The molecule has 1 aromatic heterocycles. The van der Waals surface area contributed by atoms with Gasteiger partial charge in [0.25, 0.3) is 5.56 Å². The van der Waals surface area contributed by atoms with Crippen molar-refractivity contribution in [3.8, 4) is 6.07 Å². The second kappa shape index (κ2) is 9.39. The van der Waals surface area contributed by atoms with E-state index >= 15 is 0 Å². The second-order valence-corrected chi connectivity index (χ2v) is 7.93. The summed E-state index contributed by atoms with van der Waals surface area (Å²) in [5, 5.41) is 10.2. The monoisotopic (exact) mass is 406 g/mol. The number of rotatable bonds is 7. The molecule has 0 aliphatic heterocycles. The van der Waals surface area contributed by atoms with E-state index in [1.165, 1.54) is 16.7 Å². The third kappa shape index (κ3) is 4.84. The molecular formula is C22H22N4O2S. The lowest BCUT2D eigenvalue weighted by molar-refractivity contribution is -0.116. The molecule has 3 rings (SSSR count). The zero-order chi connectivity index (χ0) is 20.8. The van der Waals surface area contributed by atoms with E-state index in [1.807, 2.05) is 50.2 Å². The van der Waals surface area contributed by atoms with E-state index in [4.69, 9.17) is 5.26 Å². The number of fused-ring (bicyclic) bond motifs is 1. The molecule has 0 aliphatic carbocycles. The number of carbonyl (C=O) groups excluding carboxylic acids is 1. The molecule has 0 spiro atoms. The van der Waals surface area contributed by atoms with Gasteiger partial charge in [-0.25, -0.2) is 4.98 Å². The first-order valence-electron chi connectivity index (χ1n) is 9.36. The molecule has 7 heteroatoms. The maximum Gasteiger partial charge on any atom is 0.262 e. The Hall–Kier alpha value is -3.11. The standard InChI is InChI=1S/C22H22N4O2S/c1-16(2)14-26-21(28)18-10-6-7-11-19(18)24-22(26)29-15-20(27)25(13-12-23)17-8-4-3-5-9-17/h3-11,16H,13-15H2,1-2H3. The van der Waals surface area contributed by atoms with Crippen molar-refractivity contribution in [1.82, 2.24) is 9.55 Å². The summed E-state index contributed by atoms with van der Waals surface area (Å²) in [4.78, 5) is 31.9. The number of anilines is 1. The largest absolute Gasteiger partial charge is 0.298 e. The minimum absolute atomic E-state index is 0.0344. The van der Waals surface area contributed by atoms with Crippen LogP contribution in [0.1, 0.15) is 13.8 Å². The minimum atomic E-state index is -0.207. The fourth-order valence-corrected chi connectivity index (χ4v) is 3.87. The number of nitriles is 1. The number of aromatic nitrogens is 2. The Bertz CT molecular complexity index is 1100. The highest BCUT2D eigenvalue weighted by Gasteiger charge is 2.18. The maximum atomic E-state index is 13.0. The van der Waals surface area contributed by atoms with Gasteiger partial charge in [-0.2, -0.15) is 5.26 Å². The van der Waals surface area contributed by atoms with Crippen LogP contribution in [0.25, 0.3) is 10.9 Å². The molecule has 2 aromatic carbocycles. The summed E-state index contributed by atoms with van der Waals surface area (Å²) < 4.78 is 1.64. The molecule has 148 valence electrons. The van der Waals surface area contributed by atoms with Crippen molar-refractivity contribution in [3.63, 3.8) is 0 Å². The summed E-state index contributed by atoms with van der Waals surface area (Å²) in [7, 11) is 0. The first-order chi connectivity index (χ1) is 14.0. The van der Waals surface area contributed by atoms with Crippen LogP contribution in [0.4, 0.5) is 5.69 Å². The number of benzene rings is 2. The molecule has 1 amide bonds. The average Bonchev–Trinajstić information content (AvgIpc) is 2.73. The number of para-hydroxylation sites is 2. The molecule has 0 saturated carbocycles. The van der Waals surface area contributed by atoms with Gasteiger partial charge in [0.15, 0.2) is 5.16 Å². The van der Waals surface area contributed by atoms with E-state index in [0.717, 1.165) is 0 Å². The fourth-order valence-electron chi connectivity index (χ4n) is 2.99. The van der Waals surface area contributed by atoms with Crippen LogP contribution < -0.4 is 10.5 Å². The first kappa shape index (κ1) is 20.6. The van der Waals surface area contributed by atoms with Crippen molar-refractivity contribution in [2.24, 2.45) is 5.92 Å². The summed E-state index contributed by atoms with van der Waals surface area (Å²) >= 11 is 1.23. The topological polar surface area (TPSA) is 79.0 Å². The second-order valence-electron chi connectivity index (χ2n) is 6.98. The van der Waals surface area contributed by atoms with Crippen LogP contribution in [0.3, 0.4) is 0 Å². The zero-order valence-electron chi connectivity index (χ0n) is 16.4. The molecule has 3 aromatic rings. The van der Waals surface area contributed by atoms with Gasteiger partial charge >= 0.3 is 0 Å². The average molecular weight is 407 g/mol. The Labute approximate surface area is 173 Å². The molecule has 0 N–H and O–H groups in total. The Morgan fingerprint density at radius 2 is 1.86 bits per heavy atom. The molecule has 0 radical (unpaired) electrons. The minimum Gasteiger partial charge on any atom is -0.298 e. The van der Waals surface area contributed by atoms with Crippen LogP contribution in [-0.2, 0) is 11.3 Å². The van der Waals surface area contributed by atoms with Crippen LogP contribution in [0.15, 0.2) is 64.5 Å². The number of amides is 1. The smallest absolute Gasteiger partial charge is 0.262 e. The van der Waals surface area contributed by atoms with Crippen LogP contribution in [0.5, 0.6) is 0 Å². The van der Waals surface area contributed by atoms with Crippen LogP contribution in [0, 0.1) is 17.2 Å². The Balaban J connectivity index is 1.90. The number of nitrogens with zero attached hydrogens (tertiary/aromatic N) is 4. The number of hydrogen-bond acceptors (Lipinski definition) is 5. The Morgan fingerprint density at radius 3 is 2.55 bits per heavy atom. The molecule has 29 heavy (non-hydrogen) atoms. The summed E-state index contributed by atoms with van der Waals surface area (Å²) in [5.41, 5.74) is 1.19. The van der Waals surface area contributed by atoms with E-state index in [0.29, 0.717) is 28.3 Å². The Morgan fingerprint density at radius 1 is 1.17 bits per heavy atom. The normalized spacial score (nSPS) is 10.8. The summed E-state index contributed by atoms with van der Waals surface area (Å²) in [6.45, 7) is 4.55. The summed E-state index contributed by atoms with van der Waals surface area (Å²) in [6, 6.07) is 18.4. The molecule has 0 bridgehead atoms. The summed E-state index contributed by atoms with van der Waals surface area (Å²) in [5.74, 6) is 0.130. The molecule has 0 saturated heterocycles. The zero-order valence-corrected chi connectivity index (χ0v) is 17.2. The van der Waals surface area contributed by atoms with Gasteiger partial charge in [-0.15, -0.1) is 0 Å². The van der Waals surface area contributed by atoms with Crippen LogP contribution in [0.2, 0.25) is 0 Å². The highest BCUT2D eigenvalue weighted by Crippen LogP contribution is 2.21. The predicted octanol–water partition coefficient (Wildman–Crippen LogP) is 3.70. The maximum absolute atomic E-state index is 13.0. The van der Waals surface area contributed by atoms with Crippen LogP contribution >= 0.6 is 11.8 Å². The van der Waals surface area contributed by atoms with Gasteiger partial charge in [0.05, 0.1) is 22.7 Å². The van der Waals surface area contributed by atoms with E-state index in [1.54, 1.807) is 28.8 Å². The molecule has 1 heterocycles. The van der Waals surface area contributed by atoms with Gasteiger partial charge in [0.1, 0.15) is 6.54 Å². The van der Waals surface area contributed by atoms with E-state index in [9.17, 15) is 9.59 Å². The van der Waals surface area contributed by atoms with Crippen LogP contribution in [-0.4, -0.2) is 27.8 Å². The lowest BCUT2D eigenvalue weighted by Gasteiger charge is -2.20. The van der Waals surface area contributed by atoms with Gasteiger partial charge < -0.3 is 0 Å². The first-order valence-corrected chi connectivity index (χ1v) is 10.3. The van der Waals surface area contributed by atoms with Crippen molar-refractivity contribution < 1.29 is 4.79 Å². The third-order valence-corrected chi connectivity index (χ3v) is 5.26.